The van der Waals surface area contributed by atoms with Crippen molar-refractivity contribution in [3.05, 3.63) is 206 Å². The van der Waals surface area contributed by atoms with Crippen molar-refractivity contribution in [1.82, 2.24) is 9.97 Å². The van der Waals surface area contributed by atoms with Gasteiger partial charge in [-0.3, -0.25) is 0 Å². The zero-order valence-electron chi connectivity index (χ0n) is 31.5. The predicted molar refractivity (Wildman–Crippen MR) is 244 cm³/mol. The Bertz CT molecular complexity index is 3450. The Kier molecular flexibility index (Phi) is 7.26. The Labute approximate surface area is 336 Å². The second-order valence-corrected chi connectivity index (χ2v) is 15.3. The molecule has 0 atom stereocenters. The minimum atomic E-state index is 0.710. The molecular weight excluding hydrogens is 701 g/mol. The van der Waals surface area contributed by atoms with Crippen LogP contribution in [0.2, 0.25) is 0 Å². The van der Waals surface area contributed by atoms with Gasteiger partial charge in [0.05, 0.1) is 11.4 Å². The topological polar surface area (TPSA) is 25.8 Å². The molecule has 12 rings (SSSR count). The summed E-state index contributed by atoms with van der Waals surface area (Å²) in [6.45, 7) is 0. The first-order valence-corrected chi connectivity index (χ1v) is 19.9. The Morgan fingerprint density at radius 2 is 0.845 bits per heavy atom. The normalized spacial score (nSPS) is 11.8. The van der Waals surface area contributed by atoms with Gasteiger partial charge in [0.1, 0.15) is 0 Å². The molecule has 0 amide bonds. The van der Waals surface area contributed by atoms with Crippen LogP contribution in [-0.2, 0) is 0 Å². The van der Waals surface area contributed by atoms with Crippen LogP contribution in [0, 0.1) is 0 Å². The Hall–Kier alpha value is -7.68. The van der Waals surface area contributed by atoms with E-state index in [4.69, 9.17) is 9.97 Å². The van der Waals surface area contributed by atoms with Crippen LogP contribution in [0.1, 0.15) is 0 Å². The third-order valence-corrected chi connectivity index (χ3v) is 12.0. The second-order valence-electron chi connectivity index (χ2n) is 15.3. The quantitative estimate of drug-likeness (QED) is 0.130. The number of hydrogen-bond donors (Lipinski definition) is 0. The lowest BCUT2D eigenvalue weighted by atomic mass is 9.88. The van der Waals surface area contributed by atoms with Crippen LogP contribution in [0.25, 0.3) is 122 Å². The van der Waals surface area contributed by atoms with Crippen molar-refractivity contribution in [2.45, 2.75) is 0 Å². The summed E-state index contributed by atoms with van der Waals surface area (Å²) in [6, 6.07) is 74.6. The van der Waals surface area contributed by atoms with Gasteiger partial charge in [-0.2, -0.15) is 0 Å². The third-order valence-electron chi connectivity index (χ3n) is 12.0. The first-order chi connectivity index (χ1) is 28.7. The smallest absolute Gasteiger partial charge is 0.160 e. The highest BCUT2D eigenvalue weighted by molar-refractivity contribution is 6.20. The minimum absolute atomic E-state index is 0.710. The SMILES string of the molecule is c1ccc(-c2nc(-c3cccc(-c4cccc(-c5c6ccccc6cc6c5ccc5ccccc56)c4)c3)cc(-c3ccc4c(c3)-c3cccc5cccc-4c35)n2)cc1. The van der Waals surface area contributed by atoms with E-state index in [1.165, 1.54) is 76.5 Å². The largest absolute Gasteiger partial charge is 0.228 e. The van der Waals surface area contributed by atoms with Gasteiger partial charge in [-0.15, -0.1) is 0 Å². The summed E-state index contributed by atoms with van der Waals surface area (Å²) in [5.74, 6) is 0.710. The average Bonchev–Trinajstić information content (AvgIpc) is 3.62. The number of hydrogen-bond acceptors (Lipinski definition) is 2. The number of fused-ring (bicyclic) bond motifs is 7. The van der Waals surface area contributed by atoms with Gasteiger partial charge in [-0.1, -0.05) is 176 Å². The molecule has 268 valence electrons. The van der Waals surface area contributed by atoms with Crippen LogP contribution in [0.3, 0.4) is 0 Å². The van der Waals surface area contributed by atoms with Crippen molar-refractivity contribution >= 4 is 43.1 Å². The summed E-state index contributed by atoms with van der Waals surface area (Å²) >= 11 is 0. The van der Waals surface area contributed by atoms with E-state index in [1.807, 2.05) is 18.2 Å². The van der Waals surface area contributed by atoms with Gasteiger partial charge in [-0.25, -0.2) is 9.97 Å². The van der Waals surface area contributed by atoms with Gasteiger partial charge in [0.2, 0.25) is 0 Å². The molecule has 0 radical (unpaired) electrons. The Morgan fingerprint density at radius 3 is 1.64 bits per heavy atom. The van der Waals surface area contributed by atoms with E-state index in [2.05, 4.69) is 188 Å². The molecule has 0 spiro atoms. The lowest BCUT2D eigenvalue weighted by Gasteiger charge is -2.15. The van der Waals surface area contributed by atoms with Crippen molar-refractivity contribution in [3.8, 4) is 78.4 Å². The summed E-state index contributed by atoms with van der Waals surface area (Å²) in [5, 5.41) is 10.2. The zero-order chi connectivity index (χ0) is 38.2. The molecule has 58 heavy (non-hydrogen) atoms. The molecule has 2 nitrogen and oxygen atoms in total. The molecule has 0 saturated heterocycles. The summed E-state index contributed by atoms with van der Waals surface area (Å²) in [6.07, 6.45) is 0. The summed E-state index contributed by atoms with van der Waals surface area (Å²) in [5.41, 5.74) is 14.8. The average molecular weight is 735 g/mol. The molecule has 1 heterocycles. The maximum atomic E-state index is 5.22. The second kappa shape index (κ2) is 12.9. The van der Waals surface area contributed by atoms with Gasteiger partial charge >= 0.3 is 0 Å². The highest BCUT2D eigenvalue weighted by atomic mass is 14.9. The van der Waals surface area contributed by atoms with E-state index >= 15 is 0 Å². The number of rotatable bonds is 5. The fourth-order valence-corrected chi connectivity index (χ4v) is 9.25. The lowest BCUT2D eigenvalue weighted by Crippen LogP contribution is -1.96. The van der Waals surface area contributed by atoms with E-state index in [1.54, 1.807) is 0 Å². The Morgan fingerprint density at radius 1 is 0.259 bits per heavy atom. The molecule has 10 aromatic carbocycles. The van der Waals surface area contributed by atoms with Crippen molar-refractivity contribution in [2.75, 3.05) is 0 Å². The predicted octanol–water partition coefficient (Wildman–Crippen LogP) is 15.1. The van der Waals surface area contributed by atoms with Crippen molar-refractivity contribution in [3.63, 3.8) is 0 Å². The van der Waals surface area contributed by atoms with Crippen molar-refractivity contribution in [1.29, 1.82) is 0 Å². The van der Waals surface area contributed by atoms with Gasteiger partial charge in [0.25, 0.3) is 0 Å². The molecule has 1 aliphatic carbocycles. The summed E-state index contributed by atoms with van der Waals surface area (Å²) in [4.78, 5) is 10.4. The molecule has 0 bridgehead atoms. The van der Waals surface area contributed by atoms with Crippen molar-refractivity contribution < 1.29 is 0 Å². The highest BCUT2D eigenvalue weighted by Crippen LogP contribution is 2.48. The van der Waals surface area contributed by atoms with Crippen LogP contribution < -0.4 is 0 Å². The molecule has 0 N–H and O–H groups in total. The molecule has 0 fully saturated rings. The maximum absolute atomic E-state index is 5.22. The minimum Gasteiger partial charge on any atom is -0.228 e. The van der Waals surface area contributed by atoms with Crippen molar-refractivity contribution in [2.24, 2.45) is 0 Å². The standard InChI is InChI=1S/C56H34N2/c1-2-13-37(14-3-1)56-57-52(34-53(58-56)42-27-28-46-47-24-10-16-36-17-11-25-48(54(36)47)51(46)33-42)41-20-8-18-38(30-41)39-19-9-21-43(31-39)55-45-23-7-5-15-40(45)32-50-44-22-6-4-12-35(44)26-29-49(50)55/h1-34H. The van der Waals surface area contributed by atoms with Gasteiger partial charge < -0.3 is 0 Å². The molecule has 2 heteroatoms. The summed E-state index contributed by atoms with van der Waals surface area (Å²) < 4.78 is 0. The molecule has 1 aliphatic rings. The van der Waals surface area contributed by atoms with E-state index in [0.29, 0.717) is 5.82 Å². The molecule has 0 unspecified atom stereocenters. The highest BCUT2D eigenvalue weighted by Gasteiger charge is 2.22. The third kappa shape index (κ3) is 5.19. The molecule has 11 aromatic rings. The van der Waals surface area contributed by atoms with Crippen LogP contribution in [0.15, 0.2) is 206 Å². The lowest BCUT2D eigenvalue weighted by molar-refractivity contribution is 1.18. The number of benzene rings is 10. The maximum Gasteiger partial charge on any atom is 0.160 e. The van der Waals surface area contributed by atoms with E-state index in [9.17, 15) is 0 Å². The fourth-order valence-electron chi connectivity index (χ4n) is 9.25. The van der Waals surface area contributed by atoms with E-state index in [-0.39, 0.29) is 0 Å². The first kappa shape index (κ1) is 32.6. The van der Waals surface area contributed by atoms with Crippen LogP contribution in [0.4, 0.5) is 0 Å². The number of aromatic nitrogens is 2. The molecule has 1 aromatic heterocycles. The molecular formula is C56H34N2. The summed E-state index contributed by atoms with van der Waals surface area (Å²) in [7, 11) is 0. The molecule has 0 saturated carbocycles. The van der Waals surface area contributed by atoms with E-state index < -0.39 is 0 Å². The Balaban J connectivity index is 0.989. The van der Waals surface area contributed by atoms with E-state index in [0.717, 1.165) is 39.2 Å². The van der Waals surface area contributed by atoms with Gasteiger partial charge in [0, 0.05) is 16.7 Å². The zero-order valence-corrected chi connectivity index (χ0v) is 31.5. The first-order valence-electron chi connectivity index (χ1n) is 19.9. The van der Waals surface area contributed by atoms with Crippen LogP contribution in [-0.4, -0.2) is 9.97 Å². The number of nitrogens with zero attached hydrogens (tertiary/aromatic N) is 2. The molecule has 0 aliphatic heterocycles. The monoisotopic (exact) mass is 734 g/mol. The van der Waals surface area contributed by atoms with Crippen LogP contribution >= 0.6 is 0 Å². The van der Waals surface area contributed by atoms with Gasteiger partial charge in [0.15, 0.2) is 5.82 Å². The van der Waals surface area contributed by atoms with Crippen LogP contribution in [0.5, 0.6) is 0 Å². The van der Waals surface area contributed by atoms with Gasteiger partial charge in [-0.05, 0) is 118 Å². The fraction of sp³-hybridized carbons (Fsp3) is 0.